The Balaban J connectivity index is 2.95. The summed E-state index contributed by atoms with van der Waals surface area (Å²) in [5.41, 5.74) is 0. The van der Waals surface area contributed by atoms with Crippen molar-refractivity contribution in [3.63, 3.8) is 0 Å². The zero-order valence-corrected chi connectivity index (χ0v) is 6.40. The summed E-state index contributed by atoms with van der Waals surface area (Å²) in [5.74, 6) is 0. The summed E-state index contributed by atoms with van der Waals surface area (Å²) in [7, 11) is 0. The van der Waals surface area contributed by atoms with Gasteiger partial charge in [0, 0.05) is 13.0 Å². The standard InChI is InChI=1S/C7H14O4/c8-3-1-2-4-11-6-7(10)5-9/h3,7,9-10H,1-2,4-6H2. The number of aldehydes is 1. The largest absolute Gasteiger partial charge is 0.394 e. The summed E-state index contributed by atoms with van der Waals surface area (Å²) in [6.07, 6.45) is 1.18. The second kappa shape index (κ2) is 7.65. The van der Waals surface area contributed by atoms with E-state index in [1.165, 1.54) is 0 Å². The highest BCUT2D eigenvalue weighted by atomic mass is 16.5. The Hall–Kier alpha value is -0.450. The number of carbonyl (C=O) groups is 1. The van der Waals surface area contributed by atoms with E-state index in [0.717, 1.165) is 6.29 Å². The number of rotatable bonds is 7. The lowest BCUT2D eigenvalue weighted by atomic mass is 10.3. The molecule has 0 saturated carbocycles. The highest BCUT2D eigenvalue weighted by molar-refractivity contribution is 5.48. The van der Waals surface area contributed by atoms with Crippen LogP contribution in [0.2, 0.25) is 0 Å². The highest BCUT2D eigenvalue weighted by Crippen LogP contribution is 1.88. The number of carbonyl (C=O) groups excluding carboxylic acids is 1. The van der Waals surface area contributed by atoms with Crippen LogP contribution in [0.5, 0.6) is 0 Å². The Morgan fingerprint density at radius 3 is 2.82 bits per heavy atom. The Labute approximate surface area is 65.8 Å². The Kier molecular flexibility index (Phi) is 7.34. The summed E-state index contributed by atoms with van der Waals surface area (Å²) in [5, 5.41) is 17.1. The number of unbranched alkanes of at least 4 members (excludes halogenated alkanes) is 1. The van der Waals surface area contributed by atoms with Gasteiger partial charge in [0.25, 0.3) is 0 Å². The van der Waals surface area contributed by atoms with E-state index >= 15 is 0 Å². The van der Waals surface area contributed by atoms with Crippen molar-refractivity contribution in [1.82, 2.24) is 0 Å². The molecule has 0 bridgehead atoms. The van der Waals surface area contributed by atoms with Gasteiger partial charge in [-0.25, -0.2) is 0 Å². The van der Waals surface area contributed by atoms with Gasteiger partial charge in [0.15, 0.2) is 0 Å². The number of aliphatic hydroxyl groups is 2. The second-order valence-corrected chi connectivity index (χ2v) is 2.22. The Morgan fingerprint density at radius 2 is 2.27 bits per heavy atom. The fourth-order valence-electron chi connectivity index (χ4n) is 0.541. The van der Waals surface area contributed by atoms with Gasteiger partial charge in [-0.3, -0.25) is 0 Å². The summed E-state index contributed by atoms with van der Waals surface area (Å²) in [6.45, 7) is 0.304. The minimum atomic E-state index is -0.800. The van der Waals surface area contributed by atoms with E-state index in [9.17, 15) is 4.79 Å². The molecular weight excluding hydrogens is 148 g/mol. The molecule has 0 aliphatic rings. The number of aliphatic hydroxyl groups excluding tert-OH is 2. The van der Waals surface area contributed by atoms with E-state index in [4.69, 9.17) is 14.9 Å². The van der Waals surface area contributed by atoms with Gasteiger partial charge < -0.3 is 19.7 Å². The van der Waals surface area contributed by atoms with Crippen LogP contribution < -0.4 is 0 Å². The van der Waals surface area contributed by atoms with E-state index in [1.54, 1.807) is 0 Å². The lowest BCUT2D eigenvalue weighted by Gasteiger charge is -2.06. The summed E-state index contributed by atoms with van der Waals surface area (Å²) in [6, 6.07) is 0. The van der Waals surface area contributed by atoms with Crippen molar-refractivity contribution >= 4 is 6.29 Å². The number of hydrogen-bond donors (Lipinski definition) is 2. The molecular formula is C7H14O4. The molecule has 0 aromatic carbocycles. The van der Waals surface area contributed by atoms with Crippen LogP contribution in [-0.4, -0.2) is 42.4 Å². The zero-order chi connectivity index (χ0) is 8.53. The molecule has 1 atom stereocenters. The van der Waals surface area contributed by atoms with E-state index in [1.807, 2.05) is 0 Å². The van der Waals surface area contributed by atoms with Crippen LogP contribution in [0.1, 0.15) is 12.8 Å². The van der Waals surface area contributed by atoms with Crippen molar-refractivity contribution < 1.29 is 19.7 Å². The van der Waals surface area contributed by atoms with Crippen LogP contribution in [-0.2, 0) is 9.53 Å². The first kappa shape index (κ1) is 10.6. The molecule has 0 aromatic heterocycles. The molecule has 0 aliphatic carbocycles. The summed E-state index contributed by atoms with van der Waals surface area (Å²) < 4.78 is 4.92. The normalized spacial score (nSPS) is 12.9. The number of hydrogen-bond acceptors (Lipinski definition) is 4. The smallest absolute Gasteiger partial charge is 0.120 e. The predicted molar refractivity (Wildman–Crippen MR) is 39.2 cm³/mol. The first-order valence-electron chi connectivity index (χ1n) is 3.61. The average molecular weight is 162 g/mol. The van der Waals surface area contributed by atoms with Gasteiger partial charge in [0.05, 0.1) is 13.2 Å². The van der Waals surface area contributed by atoms with Gasteiger partial charge >= 0.3 is 0 Å². The van der Waals surface area contributed by atoms with Gasteiger partial charge in [0.2, 0.25) is 0 Å². The SMILES string of the molecule is O=CCCCOCC(O)CO. The third-order valence-corrected chi connectivity index (χ3v) is 1.13. The average Bonchev–Trinajstić information content (AvgIpc) is 2.04. The highest BCUT2D eigenvalue weighted by Gasteiger charge is 1.99. The molecule has 0 saturated heterocycles. The fourth-order valence-corrected chi connectivity index (χ4v) is 0.541. The first-order chi connectivity index (χ1) is 5.31. The summed E-state index contributed by atoms with van der Waals surface area (Å²) in [4.78, 5) is 9.81. The van der Waals surface area contributed by atoms with Crippen LogP contribution in [0.15, 0.2) is 0 Å². The zero-order valence-electron chi connectivity index (χ0n) is 6.40. The lowest BCUT2D eigenvalue weighted by Crippen LogP contribution is -2.19. The van der Waals surface area contributed by atoms with Crippen LogP contribution in [0, 0.1) is 0 Å². The van der Waals surface area contributed by atoms with Crippen molar-refractivity contribution in [2.24, 2.45) is 0 Å². The molecule has 0 aliphatic heterocycles. The van der Waals surface area contributed by atoms with E-state index in [0.29, 0.717) is 19.4 Å². The topological polar surface area (TPSA) is 66.8 Å². The first-order valence-corrected chi connectivity index (χ1v) is 3.61. The van der Waals surface area contributed by atoms with Crippen molar-refractivity contribution in [2.75, 3.05) is 19.8 Å². The quantitative estimate of drug-likeness (QED) is 0.385. The number of ether oxygens (including phenoxy) is 1. The van der Waals surface area contributed by atoms with Gasteiger partial charge in [-0.15, -0.1) is 0 Å². The molecule has 4 heteroatoms. The lowest BCUT2D eigenvalue weighted by molar-refractivity contribution is -0.108. The molecule has 2 N–H and O–H groups in total. The Morgan fingerprint density at radius 1 is 1.55 bits per heavy atom. The molecule has 0 radical (unpaired) electrons. The molecule has 1 unspecified atom stereocenters. The van der Waals surface area contributed by atoms with E-state index in [-0.39, 0.29) is 13.2 Å². The molecule has 0 fully saturated rings. The maximum absolute atomic E-state index is 9.81. The maximum atomic E-state index is 9.81. The van der Waals surface area contributed by atoms with Gasteiger partial charge in [-0.1, -0.05) is 0 Å². The molecule has 4 nitrogen and oxygen atoms in total. The van der Waals surface area contributed by atoms with Crippen LogP contribution >= 0.6 is 0 Å². The van der Waals surface area contributed by atoms with E-state index < -0.39 is 6.10 Å². The molecule has 11 heavy (non-hydrogen) atoms. The van der Waals surface area contributed by atoms with Crippen molar-refractivity contribution in [2.45, 2.75) is 18.9 Å². The molecule has 66 valence electrons. The van der Waals surface area contributed by atoms with Crippen molar-refractivity contribution in [3.05, 3.63) is 0 Å². The fraction of sp³-hybridized carbons (Fsp3) is 0.857. The van der Waals surface area contributed by atoms with Gasteiger partial charge in [-0.05, 0) is 6.42 Å². The van der Waals surface area contributed by atoms with E-state index in [2.05, 4.69) is 0 Å². The molecule has 0 aromatic rings. The molecule has 0 heterocycles. The van der Waals surface area contributed by atoms with Gasteiger partial charge in [0.1, 0.15) is 12.4 Å². The summed E-state index contributed by atoms with van der Waals surface area (Å²) >= 11 is 0. The molecule has 0 rings (SSSR count). The van der Waals surface area contributed by atoms with Crippen LogP contribution in [0.3, 0.4) is 0 Å². The molecule has 0 amide bonds. The minimum Gasteiger partial charge on any atom is -0.394 e. The monoisotopic (exact) mass is 162 g/mol. The predicted octanol–water partition coefficient (Wildman–Crippen LogP) is -0.665. The minimum absolute atomic E-state index is 0.134. The van der Waals surface area contributed by atoms with Crippen molar-refractivity contribution in [3.8, 4) is 0 Å². The van der Waals surface area contributed by atoms with Gasteiger partial charge in [-0.2, -0.15) is 0 Å². The molecule has 0 spiro atoms. The third kappa shape index (κ3) is 7.45. The van der Waals surface area contributed by atoms with Crippen molar-refractivity contribution in [1.29, 1.82) is 0 Å². The van der Waals surface area contributed by atoms with Crippen LogP contribution in [0.4, 0.5) is 0 Å². The maximum Gasteiger partial charge on any atom is 0.120 e. The Bertz CT molecular complexity index is 94.4. The van der Waals surface area contributed by atoms with Crippen LogP contribution in [0.25, 0.3) is 0 Å². The third-order valence-electron chi connectivity index (χ3n) is 1.13. The second-order valence-electron chi connectivity index (χ2n) is 2.22.